The van der Waals surface area contributed by atoms with Crippen molar-refractivity contribution in [3.63, 3.8) is 0 Å². The van der Waals surface area contributed by atoms with Crippen molar-refractivity contribution in [2.45, 2.75) is 25.8 Å². The first kappa shape index (κ1) is 12.6. The van der Waals surface area contributed by atoms with Crippen molar-refractivity contribution in [1.82, 2.24) is 10.6 Å². The minimum Gasteiger partial charge on any atom is -0.350 e. The van der Waals surface area contributed by atoms with Crippen LogP contribution in [0.15, 0.2) is 22.7 Å². The zero-order valence-electron chi connectivity index (χ0n) is 9.92. The maximum atomic E-state index is 11.9. The van der Waals surface area contributed by atoms with Crippen LogP contribution in [0.5, 0.6) is 0 Å². The van der Waals surface area contributed by atoms with Gasteiger partial charge in [-0.05, 0) is 50.1 Å². The molecule has 2 N–H and O–H groups in total. The number of rotatable bonds is 3. The maximum Gasteiger partial charge on any atom is 0.251 e. The summed E-state index contributed by atoms with van der Waals surface area (Å²) in [5.41, 5.74) is 1.81. The highest BCUT2D eigenvalue weighted by Crippen LogP contribution is 2.17. The van der Waals surface area contributed by atoms with Crippen molar-refractivity contribution in [1.29, 1.82) is 0 Å². The molecule has 1 atom stereocenters. The summed E-state index contributed by atoms with van der Waals surface area (Å²) in [5, 5.41) is 6.33. The van der Waals surface area contributed by atoms with E-state index in [0.29, 0.717) is 12.6 Å². The number of carbonyl (C=O) groups is 1. The van der Waals surface area contributed by atoms with Crippen molar-refractivity contribution in [3.8, 4) is 0 Å². The molecule has 0 spiro atoms. The Kier molecular flexibility index (Phi) is 4.18. The highest BCUT2D eigenvalue weighted by molar-refractivity contribution is 9.10. The van der Waals surface area contributed by atoms with Crippen LogP contribution in [0.1, 0.15) is 28.8 Å². The Labute approximate surface area is 110 Å². The second kappa shape index (κ2) is 5.65. The van der Waals surface area contributed by atoms with Crippen LogP contribution < -0.4 is 10.6 Å². The van der Waals surface area contributed by atoms with E-state index >= 15 is 0 Å². The van der Waals surface area contributed by atoms with Gasteiger partial charge in [-0.1, -0.05) is 15.9 Å². The first-order chi connectivity index (χ1) is 8.16. The highest BCUT2D eigenvalue weighted by Gasteiger charge is 2.15. The third-order valence-electron chi connectivity index (χ3n) is 3.09. The summed E-state index contributed by atoms with van der Waals surface area (Å²) < 4.78 is 1.03. The predicted molar refractivity (Wildman–Crippen MR) is 72.2 cm³/mol. The summed E-state index contributed by atoms with van der Waals surface area (Å²) in [4.78, 5) is 11.9. The minimum absolute atomic E-state index is 0.00861. The lowest BCUT2D eigenvalue weighted by Crippen LogP contribution is -2.37. The molecule has 0 saturated carbocycles. The second-order valence-electron chi connectivity index (χ2n) is 4.47. The van der Waals surface area contributed by atoms with E-state index in [-0.39, 0.29) is 5.91 Å². The van der Waals surface area contributed by atoms with Gasteiger partial charge in [0.05, 0.1) is 0 Å². The van der Waals surface area contributed by atoms with E-state index in [1.165, 1.54) is 6.42 Å². The Morgan fingerprint density at radius 2 is 2.41 bits per heavy atom. The second-order valence-corrected chi connectivity index (χ2v) is 5.32. The van der Waals surface area contributed by atoms with Crippen molar-refractivity contribution in [2.75, 3.05) is 13.1 Å². The standard InChI is InChI=1S/C13H17BrN2O/c1-9-7-10(4-5-12(9)14)13(17)16-8-11-3-2-6-15-11/h4-5,7,11,15H,2-3,6,8H2,1H3,(H,16,17). The Balaban J connectivity index is 1.92. The van der Waals surface area contributed by atoms with E-state index in [1.807, 2.05) is 25.1 Å². The monoisotopic (exact) mass is 296 g/mol. The molecule has 92 valence electrons. The molecule has 1 aliphatic heterocycles. The normalized spacial score (nSPS) is 19.3. The maximum absolute atomic E-state index is 11.9. The molecule has 0 aromatic heterocycles. The number of carbonyl (C=O) groups excluding carboxylic acids is 1. The fourth-order valence-corrected chi connectivity index (χ4v) is 2.28. The summed E-state index contributed by atoms with van der Waals surface area (Å²) in [7, 11) is 0. The van der Waals surface area contributed by atoms with E-state index in [9.17, 15) is 4.79 Å². The SMILES string of the molecule is Cc1cc(C(=O)NCC2CCCN2)ccc1Br. The molecule has 1 saturated heterocycles. The molecule has 3 nitrogen and oxygen atoms in total. The van der Waals surface area contributed by atoms with E-state index in [4.69, 9.17) is 0 Å². The van der Waals surface area contributed by atoms with Crippen LogP contribution in [0.25, 0.3) is 0 Å². The van der Waals surface area contributed by atoms with Crippen molar-refractivity contribution >= 4 is 21.8 Å². The van der Waals surface area contributed by atoms with E-state index in [2.05, 4.69) is 26.6 Å². The van der Waals surface area contributed by atoms with Gasteiger partial charge < -0.3 is 10.6 Å². The van der Waals surface area contributed by atoms with Crippen LogP contribution in [0.2, 0.25) is 0 Å². The van der Waals surface area contributed by atoms with Gasteiger partial charge in [0.15, 0.2) is 0 Å². The first-order valence-corrected chi connectivity index (χ1v) is 6.74. The lowest BCUT2D eigenvalue weighted by atomic mass is 10.1. The number of nitrogens with one attached hydrogen (secondary N) is 2. The Bertz CT molecular complexity index is 414. The highest BCUT2D eigenvalue weighted by atomic mass is 79.9. The molecule has 1 amide bonds. The molecule has 1 aliphatic rings. The van der Waals surface area contributed by atoms with Crippen LogP contribution in [-0.4, -0.2) is 25.0 Å². The average molecular weight is 297 g/mol. The molecule has 0 radical (unpaired) electrons. The van der Waals surface area contributed by atoms with Crippen LogP contribution in [-0.2, 0) is 0 Å². The molecule has 4 heteroatoms. The summed E-state index contributed by atoms with van der Waals surface area (Å²) in [6.07, 6.45) is 2.36. The van der Waals surface area contributed by atoms with Crippen LogP contribution in [0.3, 0.4) is 0 Å². The molecule has 17 heavy (non-hydrogen) atoms. The largest absolute Gasteiger partial charge is 0.350 e. The molecule has 1 unspecified atom stereocenters. The van der Waals surface area contributed by atoms with Crippen LogP contribution >= 0.6 is 15.9 Å². The molecule has 1 aromatic rings. The molecule has 1 aromatic carbocycles. The summed E-state index contributed by atoms with van der Waals surface area (Å²) in [5.74, 6) is 0.00861. The number of hydrogen-bond donors (Lipinski definition) is 2. The third-order valence-corrected chi connectivity index (χ3v) is 3.98. The number of aryl methyl sites for hydroxylation is 1. The zero-order valence-corrected chi connectivity index (χ0v) is 11.5. The molecule has 0 aliphatic carbocycles. The number of amides is 1. The van der Waals surface area contributed by atoms with Gasteiger partial charge in [0, 0.05) is 22.6 Å². The fourth-order valence-electron chi connectivity index (χ4n) is 2.03. The predicted octanol–water partition coefficient (Wildman–Crippen LogP) is 2.24. The Morgan fingerprint density at radius 3 is 3.06 bits per heavy atom. The fraction of sp³-hybridized carbons (Fsp3) is 0.462. The van der Waals surface area contributed by atoms with E-state index in [1.54, 1.807) is 0 Å². The van der Waals surface area contributed by atoms with Crippen LogP contribution in [0.4, 0.5) is 0 Å². The Morgan fingerprint density at radius 1 is 1.59 bits per heavy atom. The summed E-state index contributed by atoms with van der Waals surface area (Å²) in [6.45, 7) is 3.77. The molecule has 1 fully saturated rings. The van der Waals surface area contributed by atoms with Crippen molar-refractivity contribution in [3.05, 3.63) is 33.8 Å². The van der Waals surface area contributed by atoms with Gasteiger partial charge in [-0.3, -0.25) is 4.79 Å². The van der Waals surface area contributed by atoms with Crippen molar-refractivity contribution in [2.24, 2.45) is 0 Å². The van der Waals surface area contributed by atoms with Gasteiger partial charge in [-0.15, -0.1) is 0 Å². The number of hydrogen-bond acceptors (Lipinski definition) is 2. The van der Waals surface area contributed by atoms with Crippen LogP contribution in [0, 0.1) is 6.92 Å². The van der Waals surface area contributed by atoms with Crippen molar-refractivity contribution < 1.29 is 4.79 Å². The Hall–Kier alpha value is -0.870. The lowest BCUT2D eigenvalue weighted by molar-refractivity contribution is 0.0950. The zero-order chi connectivity index (χ0) is 12.3. The minimum atomic E-state index is 0.00861. The molecular weight excluding hydrogens is 280 g/mol. The van der Waals surface area contributed by atoms with Gasteiger partial charge >= 0.3 is 0 Å². The van der Waals surface area contributed by atoms with Gasteiger partial charge in [0.25, 0.3) is 5.91 Å². The molecular formula is C13H17BrN2O. The first-order valence-electron chi connectivity index (χ1n) is 5.94. The third kappa shape index (κ3) is 3.30. The summed E-state index contributed by atoms with van der Waals surface area (Å²) >= 11 is 3.43. The molecule has 2 rings (SSSR count). The van der Waals surface area contributed by atoms with Gasteiger partial charge in [0.2, 0.25) is 0 Å². The molecule has 1 heterocycles. The smallest absolute Gasteiger partial charge is 0.251 e. The van der Waals surface area contributed by atoms with Gasteiger partial charge in [-0.2, -0.15) is 0 Å². The van der Waals surface area contributed by atoms with Gasteiger partial charge in [-0.25, -0.2) is 0 Å². The van der Waals surface area contributed by atoms with E-state index in [0.717, 1.165) is 28.6 Å². The topological polar surface area (TPSA) is 41.1 Å². The number of halogens is 1. The van der Waals surface area contributed by atoms with Gasteiger partial charge in [0.1, 0.15) is 0 Å². The quantitative estimate of drug-likeness (QED) is 0.898. The van der Waals surface area contributed by atoms with E-state index < -0.39 is 0 Å². The number of benzene rings is 1. The molecule has 0 bridgehead atoms. The summed E-state index contributed by atoms with van der Waals surface area (Å²) in [6, 6.07) is 6.10. The average Bonchev–Trinajstić information content (AvgIpc) is 2.82. The lowest BCUT2D eigenvalue weighted by Gasteiger charge is -2.11.